The Morgan fingerprint density at radius 2 is 1.87 bits per heavy atom. The fourth-order valence-corrected chi connectivity index (χ4v) is 3.87. The first kappa shape index (κ1) is 19.8. The van der Waals surface area contributed by atoms with Gasteiger partial charge in [-0.25, -0.2) is 4.98 Å². The van der Waals surface area contributed by atoms with Crippen LogP contribution in [-0.4, -0.2) is 29.6 Å². The Bertz CT molecular complexity index is 1140. The molecule has 0 fully saturated rings. The van der Waals surface area contributed by atoms with Crippen LogP contribution in [0.5, 0.6) is 11.5 Å². The summed E-state index contributed by atoms with van der Waals surface area (Å²) in [6.07, 6.45) is 1.71. The van der Waals surface area contributed by atoms with Gasteiger partial charge >= 0.3 is 0 Å². The summed E-state index contributed by atoms with van der Waals surface area (Å²) in [5, 5.41) is 0.599. The number of amides is 1. The molecule has 0 atom stereocenters. The fourth-order valence-electron chi connectivity index (χ4n) is 2.91. The number of rotatable bonds is 7. The van der Waals surface area contributed by atoms with Crippen molar-refractivity contribution in [2.75, 3.05) is 18.6 Å². The number of aromatic nitrogens is 2. The molecule has 0 saturated heterocycles. The van der Waals surface area contributed by atoms with Crippen LogP contribution < -0.4 is 14.4 Å². The van der Waals surface area contributed by atoms with Gasteiger partial charge in [-0.15, -0.1) is 0 Å². The minimum Gasteiger partial charge on any atom is -0.497 e. The van der Waals surface area contributed by atoms with Crippen molar-refractivity contribution in [1.29, 1.82) is 0 Å². The monoisotopic (exact) mass is 419 g/mol. The number of thiazole rings is 1. The van der Waals surface area contributed by atoms with Gasteiger partial charge in [0.15, 0.2) is 11.7 Å². The van der Waals surface area contributed by atoms with Gasteiger partial charge in [0.1, 0.15) is 11.5 Å². The van der Waals surface area contributed by atoms with Gasteiger partial charge in [0.2, 0.25) is 0 Å². The van der Waals surface area contributed by atoms with E-state index in [1.807, 2.05) is 67.6 Å². The number of aryl methyl sites for hydroxylation is 1. The molecule has 30 heavy (non-hydrogen) atoms. The highest BCUT2D eigenvalue weighted by molar-refractivity contribution is 7.22. The second-order valence-electron chi connectivity index (χ2n) is 6.73. The summed E-state index contributed by atoms with van der Waals surface area (Å²) in [5.74, 6) is 1.19. The van der Waals surface area contributed by atoms with Crippen molar-refractivity contribution in [3.8, 4) is 11.5 Å². The summed E-state index contributed by atoms with van der Waals surface area (Å²) >= 11 is 1.45. The standard InChI is InChI=1S/C23H21N3O3S/c1-16-6-8-18(9-7-16)29-15-22(27)26(14-17-5-3-4-12-24-17)23-25-20-13-19(28-2)10-11-21(20)30-23/h3-13H,14-15H2,1-2H3. The van der Waals surface area contributed by atoms with E-state index in [4.69, 9.17) is 9.47 Å². The smallest absolute Gasteiger partial charge is 0.267 e. The maximum atomic E-state index is 13.1. The van der Waals surface area contributed by atoms with Crippen LogP contribution in [0.25, 0.3) is 10.2 Å². The fraction of sp³-hybridized carbons (Fsp3) is 0.174. The van der Waals surface area contributed by atoms with Crippen LogP contribution >= 0.6 is 11.3 Å². The van der Waals surface area contributed by atoms with E-state index in [9.17, 15) is 4.79 Å². The Labute approximate surface area is 178 Å². The molecular weight excluding hydrogens is 398 g/mol. The molecule has 4 aromatic rings. The lowest BCUT2D eigenvalue weighted by Gasteiger charge is -2.19. The van der Waals surface area contributed by atoms with E-state index in [1.165, 1.54) is 11.3 Å². The zero-order chi connectivity index (χ0) is 20.9. The highest BCUT2D eigenvalue weighted by atomic mass is 32.1. The van der Waals surface area contributed by atoms with Crippen molar-refractivity contribution in [2.24, 2.45) is 0 Å². The van der Waals surface area contributed by atoms with Gasteiger partial charge in [-0.3, -0.25) is 14.7 Å². The van der Waals surface area contributed by atoms with Crippen LogP contribution in [-0.2, 0) is 11.3 Å². The summed E-state index contributed by atoms with van der Waals surface area (Å²) in [5.41, 5.74) is 2.70. The molecule has 0 bridgehead atoms. The predicted molar refractivity (Wildman–Crippen MR) is 118 cm³/mol. The van der Waals surface area contributed by atoms with E-state index >= 15 is 0 Å². The maximum Gasteiger partial charge on any atom is 0.267 e. The molecule has 7 heteroatoms. The molecule has 6 nitrogen and oxygen atoms in total. The number of nitrogens with zero attached hydrogens (tertiary/aromatic N) is 3. The predicted octanol–water partition coefficient (Wildman–Crippen LogP) is 4.62. The third kappa shape index (κ3) is 4.58. The Kier molecular flexibility index (Phi) is 5.90. The van der Waals surface area contributed by atoms with Crippen molar-refractivity contribution < 1.29 is 14.3 Å². The molecule has 0 aliphatic heterocycles. The van der Waals surface area contributed by atoms with Gasteiger partial charge in [-0.2, -0.15) is 0 Å². The molecule has 0 aliphatic carbocycles. The topological polar surface area (TPSA) is 64.5 Å². The van der Waals surface area contributed by atoms with E-state index in [0.29, 0.717) is 17.4 Å². The van der Waals surface area contributed by atoms with Gasteiger partial charge in [-0.05, 0) is 43.3 Å². The summed E-state index contributed by atoms with van der Waals surface area (Å²) in [6, 6.07) is 18.9. The zero-order valence-electron chi connectivity index (χ0n) is 16.7. The molecule has 1 amide bonds. The molecule has 0 radical (unpaired) electrons. The van der Waals surface area contributed by atoms with Crippen molar-refractivity contribution in [1.82, 2.24) is 9.97 Å². The van der Waals surface area contributed by atoms with Gasteiger partial charge < -0.3 is 9.47 Å². The third-order valence-electron chi connectivity index (χ3n) is 4.54. The number of anilines is 1. The Morgan fingerprint density at radius 1 is 1.07 bits per heavy atom. The van der Waals surface area contributed by atoms with Crippen molar-refractivity contribution in [3.05, 3.63) is 78.1 Å². The van der Waals surface area contributed by atoms with E-state index in [0.717, 1.165) is 27.2 Å². The third-order valence-corrected chi connectivity index (χ3v) is 5.60. The molecule has 0 aliphatic rings. The van der Waals surface area contributed by atoms with Crippen LogP contribution in [0.4, 0.5) is 5.13 Å². The molecule has 2 aromatic carbocycles. The van der Waals surface area contributed by atoms with Crippen molar-refractivity contribution in [3.63, 3.8) is 0 Å². The van der Waals surface area contributed by atoms with Crippen LogP contribution in [0.3, 0.4) is 0 Å². The van der Waals surface area contributed by atoms with E-state index < -0.39 is 0 Å². The van der Waals surface area contributed by atoms with Gasteiger partial charge in [0.25, 0.3) is 5.91 Å². The van der Waals surface area contributed by atoms with Gasteiger partial charge in [-0.1, -0.05) is 35.1 Å². The zero-order valence-corrected chi connectivity index (χ0v) is 17.6. The number of carbonyl (C=O) groups excluding carboxylic acids is 1. The quantitative estimate of drug-likeness (QED) is 0.437. The highest BCUT2D eigenvalue weighted by Gasteiger charge is 2.21. The number of ether oxygens (including phenoxy) is 2. The van der Waals surface area contributed by atoms with E-state index in [-0.39, 0.29) is 12.5 Å². The first-order valence-corrected chi connectivity index (χ1v) is 10.3. The first-order chi connectivity index (χ1) is 14.6. The summed E-state index contributed by atoms with van der Waals surface area (Å²) in [4.78, 5) is 23.7. The number of pyridine rings is 1. The number of hydrogen-bond donors (Lipinski definition) is 0. The lowest BCUT2D eigenvalue weighted by atomic mass is 10.2. The van der Waals surface area contributed by atoms with Crippen LogP contribution in [0.1, 0.15) is 11.3 Å². The molecule has 2 aromatic heterocycles. The number of methoxy groups -OCH3 is 1. The molecule has 152 valence electrons. The van der Waals surface area contributed by atoms with Gasteiger partial charge in [0.05, 0.1) is 29.6 Å². The maximum absolute atomic E-state index is 13.1. The Hall–Kier alpha value is -3.45. The molecule has 0 unspecified atom stereocenters. The van der Waals surface area contributed by atoms with Crippen molar-refractivity contribution >= 4 is 32.6 Å². The molecule has 0 spiro atoms. The average molecular weight is 420 g/mol. The second kappa shape index (κ2) is 8.92. The van der Waals surface area contributed by atoms with Gasteiger partial charge in [0, 0.05) is 12.3 Å². The SMILES string of the molecule is COc1ccc2sc(N(Cc3ccccn3)C(=O)COc3ccc(C)cc3)nc2c1. The number of hydrogen-bond acceptors (Lipinski definition) is 6. The lowest BCUT2D eigenvalue weighted by molar-refractivity contribution is -0.120. The number of fused-ring (bicyclic) bond motifs is 1. The van der Waals surface area contributed by atoms with E-state index in [1.54, 1.807) is 18.2 Å². The normalized spacial score (nSPS) is 10.7. The van der Waals surface area contributed by atoms with Crippen molar-refractivity contribution in [2.45, 2.75) is 13.5 Å². The Morgan fingerprint density at radius 3 is 2.60 bits per heavy atom. The Balaban J connectivity index is 1.60. The second-order valence-corrected chi connectivity index (χ2v) is 7.74. The minimum atomic E-state index is -0.188. The summed E-state index contributed by atoms with van der Waals surface area (Å²) < 4.78 is 12.0. The molecule has 4 rings (SSSR count). The number of carbonyl (C=O) groups is 1. The lowest BCUT2D eigenvalue weighted by Crippen LogP contribution is -2.34. The minimum absolute atomic E-state index is 0.0882. The summed E-state index contributed by atoms with van der Waals surface area (Å²) in [7, 11) is 1.62. The molecule has 0 saturated carbocycles. The van der Waals surface area contributed by atoms with Crippen LogP contribution in [0.15, 0.2) is 66.9 Å². The molecule has 2 heterocycles. The van der Waals surface area contributed by atoms with Crippen LogP contribution in [0, 0.1) is 6.92 Å². The van der Waals surface area contributed by atoms with Crippen LogP contribution in [0.2, 0.25) is 0 Å². The highest BCUT2D eigenvalue weighted by Crippen LogP contribution is 2.32. The first-order valence-electron chi connectivity index (χ1n) is 9.47. The molecular formula is C23H21N3O3S. The average Bonchev–Trinajstić information content (AvgIpc) is 3.20. The molecule has 0 N–H and O–H groups in total. The summed E-state index contributed by atoms with van der Waals surface area (Å²) in [6.45, 7) is 2.23. The number of benzene rings is 2. The van der Waals surface area contributed by atoms with E-state index in [2.05, 4.69) is 9.97 Å². The largest absolute Gasteiger partial charge is 0.497 e.